The molecule has 238 valence electrons. The minimum absolute atomic E-state index is 0. The number of nitrogens with zero attached hydrogens (tertiary/aromatic N) is 5. The van der Waals surface area contributed by atoms with Gasteiger partial charge in [-0.2, -0.15) is 0 Å². The molecule has 3 aromatic heterocycles. The van der Waals surface area contributed by atoms with Crippen molar-refractivity contribution in [1.82, 2.24) is 24.9 Å². The number of aromatic amines is 2. The van der Waals surface area contributed by atoms with Crippen LogP contribution in [-0.4, -0.2) is 53.6 Å². The second-order valence-corrected chi connectivity index (χ2v) is 13.5. The first-order valence-electron chi connectivity index (χ1n) is 14.2. The number of hydrogen-bond donors (Lipinski definition) is 2. The topological polar surface area (TPSA) is 201 Å². The monoisotopic (exact) mass is 789 g/mol. The van der Waals surface area contributed by atoms with E-state index in [4.69, 9.17) is 4.98 Å². The van der Waals surface area contributed by atoms with E-state index in [1.807, 2.05) is 66.7 Å². The van der Waals surface area contributed by atoms with Crippen molar-refractivity contribution in [2.24, 2.45) is 0 Å². The molecule has 9 rings (SSSR count). The first-order chi connectivity index (χ1) is 23.1. The Morgan fingerprint density at radius 1 is 0.469 bits per heavy atom. The van der Waals surface area contributed by atoms with Crippen molar-refractivity contribution in [3.05, 3.63) is 136 Å². The van der Waals surface area contributed by atoms with Gasteiger partial charge in [0.05, 0.1) is 43.7 Å². The smallest absolute Gasteiger partial charge is 0.537 e. The molecule has 7 aromatic rings. The van der Waals surface area contributed by atoms with Crippen LogP contribution >= 0.6 is 0 Å². The first kappa shape index (κ1) is 33.6. The maximum Gasteiger partial charge on any atom is 2.00 e. The van der Waals surface area contributed by atoms with E-state index in [2.05, 4.69) is 29.4 Å². The molecular formula is C33H21CdN7O6S2. The number of benzene rings is 4. The number of nitrogens with one attached hydrogen (secondary N) is 2. The van der Waals surface area contributed by atoms with E-state index >= 15 is 0 Å². The third-order valence-corrected chi connectivity index (χ3v) is 9.85. The Bertz CT molecular complexity index is 2380. The van der Waals surface area contributed by atoms with Crippen molar-refractivity contribution in [3.63, 3.8) is 0 Å². The SMILES string of the molecule is O=C1[N-]S(=O)(=O)c2ccccc21.O=C1[N-]S(=O)(=O)c2ccccc21.[Cd+2].c1cc(-c2nc3ccccc3[nH]2)nc(-c2nc3ccccc3[nH]2)c1. The number of aromatic nitrogens is 5. The van der Waals surface area contributed by atoms with Crippen LogP contribution in [0.3, 0.4) is 0 Å². The molecule has 2 N–H and O–H groups in total. The fourth-order valence-corrected chi connectivity index (χ4v) is 7.20. The second-order valence-electron chi connectivity index (χ2n) is 10.3. The van der Waals surface area contributed by atoms with Crippen molar-refractivity contribution in [2.45, 2.75) is 9.79 Å². The van der Waals surface area contributed by atoms with Gasteiger partial charge in [0.15, 0.2) is 11.6 Å². The van der Waals surface area contributed by atoms with Gasteiger partial charge in [-0.15, -0.1) is 0 Å². The summed E-state index contributed by atoms with van der Waals surface area (Å²) in [7, 11) is -7.36. The number of imidazole rings is 2. The van der Waals surface area contributed by atoms with Crippen LogP contribution in [0.1, 0.15) is 20.7 Å². The maximum absolute atomic E-state index is 11.1. The Labute approximate surface area is 299 Å². The quantitative estimate of drug-likeness (QED) is 0.198. The van der Waals surface area contributed by atoms with Gasteiger partial charge in [0.25, 0.3) is 0 Å². The van der Waals surface area contributed by atoms with E-state index in [-0.39, 0.29) is 48.2 Å². The molecule has 0 aliphatic carbocycles. The number of H-pyrrole nitrogens is 2. The molecule has 13 nitrogen and oxygen atoms in total. The molecule has 2 aliphatic heterocycles. The third-order valence-electron chi connectivity index (χ3n) is 7.21. The Hall–Kier alpha value is -5.27. The van der Waals surface area contributed by atoms with Gasteiger partial charge >= 0.3 is 27.3 Å². The standard InChI is InChI=1S/C19H13N5.2C7H5NO3S.Cd/c1-2-7-13-12(6-1)21-18(22-13)16-10-5-11-17(20-16)19-23-14-8-3-4-9-15(14)24-19;2*9-7-5-3-1-2-4-6(5)12(10,11)8-7;/h1-11H,(H,21,22)(H,23,24);2*1-4H,(H,8,9);/q;;;+2/p-2. The molecule has 0 saturated heterocycles. The van der Waals surface area contributed by atoms with Gasteiger partial charge in [-0.1, -0.05) is 66.7 Å². The number of carbonyl (C=O) groups is 2. The number of hydrogen-bond acceptors (Lipinski definition) is 9. The maximum atomic E-state index is 11.1. The van der Waals surface area contributed by atoms with Crippen molar-refractivity contribution in [2.75, 3.05) is 0 Å². The van der Waals surface area contributed by atoms with Crippen LogP contribution in [-0.2, 0) is 47.3 Å². The van der Waals surface area contributed by atoms with E-state index in [1.54, 1.807) is 24.3 Å². The molecule has 5 heterocycles. The largest absolute Gasteiger partial charge is 2.00 e. The molecule has 2 amide bonds. The molecule has 16 heteroatoms. The van der Waals surface area contributed by atoms with Gasteiger partial charge in [0.1, 0.15) is 31.4 Å². The Balaban J connectivity index is 0.000000141. The molecule has 0 atom stereocenters. The van der Waals surface area contributed by atoms with Gasteiger partial charge in [0.2, 0.25) is 0 Å². The van der Waals surface area contributed by atoms with E-state index in [0.717, 1.165) is 45.1 Å². The van der Waals surface area contributed by atoms with Gasteiger partial charge in [-0.05, 0) is 48.5 Å². The summed E-state index contributed by atoms with van der Waals surface area (Å²) in [5.41, 5.74) is 5.79. The van der Waals surface area contributed by atoms with E-state index < -0.39 is 31.9 Å². The summed E-state index contributed by atoms with van der Waals surface area (Å²) in [6.45, 7) is 0. The van der Waals surface area contributed by atoms with Crippen LogP contribution in [0, 0.1) is 0 Å². The fraction of sp³-hybridized carbons (Fsp3) is 0. The van der Waals surface area contributed by atoms with Crippen LogP contribution in [0.5, 0.6) is 0 Å². The fourth-order valence-electron chi connectivity index (χ4n) is 5.00. The Morgan fingerprint density at radius 3 is 1.27 bits per heavy atom. The van der Waals surface area contributed by atoms with Gasteiger partial charge < -0.3 is 29.0 Å². The molecule has 0 fully saturated rings. The van der Waals surface area contributed by atoms with E-state index in [9.17, 15) is 26.4 Å². The third kappa shape index (κ3) is 6.72. The van der Waals surface area contributed by atoms with Gasteiger partial charge in [-0.25, -0.2) is 31.8 Å². The summed E-state index contributed by atoms with van der Waals surface area (Å²) in [6.07, 6.45) is 0. The van der Waals surface area contributed by atoms with Crippen molar-refractivity contribution >= 4 is 53.9 Å². The normalized spacial score (nSPS) is 14.6. The van der Waals surface area contributed by atoms with Gasteiger partial charge in [0, 0.05) is 11.1 Å². The summed E-state index contributed by atoms with van der Waals surface area (Å²) in [6, 6.07) is 33.8. The molecule has 2 aliphatic rings. The zero-order valence-corrected chi connectivity index (χ0v) is 30.8. The Kier molecular flexibility index (Phi) is 9.14. The number of rotatable bonds is 2. The number of fused-ring (bicyclic) bond motifs is 4. The summed E-state index contributed by atoms with van der Waals surface area (Å²) in [5, 5.41) is 0. The number of carbonyl (C=O) groups excluding carboxylic acids is 2. The van der Waals surface area contributed by atoms with Gasteiger partial charge in [-0.3, -0.25) is 0 Å². The molecule has 4 aromatic carbocycles. The molecule has 0 unspecified atom stereocenters. The van der Waals surface area contributed by atoms with Crippen molar-refractivity contribution in [3.8, 4) is 23.0 Å². The van der Waals surface area contributed by atoms with Crippen LogP contribution in [0.15, 0.2) is 125 Å². The zero-order chi connectivity index (χ0) is 33.5. The first-order valence-corrected chi connectivity index (χ1v) is 17.1. The second kappa shape index (κ2) is 13.3. The molecule has 0 saturated carbocycles. The average Bonchev–Trinajstić information content (AvgIpc) is 3.83. The summed E-state index contributed by atoms with van der Waals surface area (Å²) in [5.74, 6) is 0.166. The number of pyridine rings is 1. The van der Waals surface area contributed by atoms with Crippen molar-refractivity contribution < 1.29 is 53.7 Å². The molecule has 49 heavy (non-hydrogen) atoms. The predicted molar refractivity (Wildman–Crippen MR) is 177 cm³/mol. The zero-order valence-electron chi connectivity index (χ0n) is 25.2. The summed E-state index contributed by atoms with van der Waals surface area (Å²) >= 11 is 0. The number of para-hydroxylation sites is 4. The summed E-state index contributed by atoms with van der Waals surface area (Å²) in [4.78, 5) is 42.5. The van der Waals surface area contributed by atoms with Crippen LogP contribution < -0.4 is 0 Å². The molecule has 0 radical (unpaired) electrons. The molecule has 0 spiro atoms. The molecular weight excluding hydrogens is 767 g/mol. The average molecular weight is 788 g/mol. The molecule has 0 bridgehead atoms. The van der Waals surface area contributed by atoms with E-state index in [1.165, 1.54) is 24.3 Å². The van der Waals surface area contributed by atoms with Crippen LogP contribution in [0.2, 0.25) is 0 Å². The minimum Gasteiger partial charge on any atom is -0.537 e. The Morgan fingerprint density at radius 2 is 0.857 bits per heavy atom. The van der Waals surface area contributed by atoms with E-state index in [0.29, 0.717) is 0 Å². The minimum atomic E-state index is -3.68. The predicted octanol–water partition coefficient (Wildman–Crippen LogP) is 5.97. The van der Waals surface area contributed by atoms with Crippen LogP contribution in [0.25, 0.3) is 54.5 Å². The number of sulfonamides is 2. The number of amides is 2. The van der Waals surface area contributed by atoms with Crippen molar-refractivity contribution in [1.29, 1.82) is 0 Å². The summed E-state index contributed by atoms with van der Waals surface area (Å²) < 4.78 is 50.3. The van der Waals surface area contributed by atoms with Crippen LogP contribution in [0.4, 0.5) is 0 Å².